The van der Waals surface area contributed by atoms with Crippen LogP contribution in [0.5, 0.6) is 11.5 Å². The quantitative estimate of drug-likeness (QED) is 0.588. The summed E-state index contributed by atoms with van der Waals surface area (Å²) in [6.07, 6.45) is 0. The van der Waals surface area contributed by atoms with Gasteiger partial charge in [-0.05, 0) is 37.6 Å². The predicted octanol–water partition coefficient (Wildman–Crippen LogP) is 4.30. The first-order valence-corrected chi connectivity index (χ1v) is 7.99. The van der Waals surface area contributed by atoms with Crippen molar-refractivity contribution >= 4 is 17.5 Å². The second-order valence-corrected chi connectivity index (χ2v) is 6.06. The maximum absolute atomic E-state index is 12.5. The molecule has 0 unspecified atom stereocenters. The Hall–Kier alpha value is -1.94. The number of aryl methyl sites for hydroxylation is 2. The standard InChI is InChI=1S/C18H20O3S/c1-12-5-6-13(2)18(9-12)22-11-16(19)15-8-7-14(20-3)10-17(15)21-4/h5-10H,11H2,1-4H3. The molecule has 2 aromatic carbocycles. The van der Waals surface area contributed by atoms with Crippen LogP contribution >= 0.6 is 11.8 Å². The number of Topliss-reactive ketones (excluding diaryl/α,β-unsaturated/α-hetero) is 1. The van der Waals surface area contributed by atoms with E-state index in [0.717, 1.165) is 4.90 Å². The molecule has 0 aromatic heterocycles. The van der Waals surface area contributed by atoms with Crippen molar-refractivity contribution in [3.8, 4) is 11.5 Å². The van der Waals surface area contributed by atoms with Crippen molar-refractivity contribution in [1.29, 1.82) is 0 Å². The van der Waals surface area contributed by atoms with Crippen molar-refractivity contribution in [3.05, 3.63) is 53.1 Å². The van der Waals surface area contributed by atoms with Gasteiger partial charge in [-0.2, -0.15) is 0 Å². The van der Waals surface area contributed by atoms with Crippen LogP contribution in [-0.2, 0) is 0 Å². The van der Waals surface area contributed by atoms with Crippen LogP contribution < -0.4 is 9.47 Å². The van der Waals surface area contributed by atoms with Crippen molar-refractivity contribution in [2.75, 3.05) is 20.0 Å². The average molecular weight is 316 g/mol. The number of carbonyl (C=O) groups excluding carboxylic acids is 1. The van der Waals surface area contributed by atoms with Gasteiger partial charge in [0.2, 0.25) is 0 Å². The van der Waals surface area contributed by atoms with Gasteiger partial charge >= 0.3 is 0 Å². The van der Waals surface area contributed by atoms with Gasteiger partial charge in [-0.25, -0.2) is 0 Å². The van der Waals surface area contributed by atoms with E-state index in [1.807, 2.05) is 0 Å². The highest BCUT2D eigenvalue weighted by atomic mass is 32.2. The van der Waals surface area contributed by atoms with Crippen LogP contribution in [0.4, 0.5) is 0 Å². The SMILES string of the molecule is COc1ccc(C(=O)CSc2cc(C)ccc2C)c(OC)c1. The van der Waals surface area contributed by atoms with Crippen LogP contribution in [-0.4, -0.2) is 25.8 Å². The summed E-state index contributed by atoms with van der Waals surface area (Å²) in [4.78, 5) is 13.6. The van der Waals surface area contributed by atoms with Gasteiger partial charge in [0, 0.05) is 11.0 Å². The minimum absolute atomic E-state index is 0.0467. The van der Waals surface area contributed by atoms with Gasteiger partial charge in [-0.1, -0.05) is 17.7 Å². The van der Waals surface area contributed by atoms with Crippen molar-refractivity contribution in [3.63, 3.8) is 0 Å². The molecule has 2 rings (SSSR count). The van der Waals surface area contributed by atoms with Crippen molar-refractivity contribution < 1.29 is 14.3 Å². The molecule has 0 fully saturated rings. The molecule has 0 amide bonds. The molecule has 22 heavy (non-hydrogen) atoms. The molecule has 116 valence electrons. The highest BCUT2D eigenvalue weighted by molar-refractivity contribution is 8.00. The monoisotopic (exact) mass is 316 g/mol. The Balaban J connectivity index is 2.14. The molecule has 2 aromatic rings. The van der Waals surface area contributed by atoms with Gasteiger partial charge in [-0.3, -0.25) is 4.79 Å². The Morgan fingerprint density at radius 3 is 2.50 bits per heavy atom. The van der Waals surface area contributed by atoms with E-state index in [1.165, 1.54) is 11.1 Å². The zero-order valence-corrected chi connectivity index (χ0v) is 14.1. The number of benzene rings is 2. The molecule has 0 heterocycles. The number of ketones is 1. The number of rotatable bonds is 6. The molecule has 0 saturated carbocycles. The highest BCUT2D eigenvalue weighted by Crippen LogP contribution is 2.28. The van der Waals surface area contributed by atoms with Crippen molar-refractivity contribution in [2.45, 2.75) is 18.7 Å². The Morgan fingerprint density at radius 2 is 1.82 bits per heavy atom. The fourth-order valence-electron chi connectivity index (χ4n) is 2.11. The van der Waals surface area contributed by atoms with Gasteiger partial charge in [0.05, 0.1) is 25.5 Å². The molecule has 0 aliphatic rings. The van der Waals surface area contributed by atoms with Gasteiger partial charge < -0.3 is 9.47 Å². The molecule has 0 saturated heterocycles. The van der Waals surface area contributed by atoms with Crippen LogP contribution in [0.25, 0.3) is 0 Å². The number of ether oxygens (including phenoxy) is 2. The summed E-state index contributed by atoms with van der Waals surface area (Å²) >= 11 is 1.56. The number of carbonyl (C=O) groups is 1. The average Bonchev–Trinajstić information content (AvgIpc) is 2.54. The van der Waals surface area contributed by atoms with Gasteiger partial charge in [0.15, 0.2) is 5.78 Å². The number of methoxy groups -OCH3 is 2. The molecule has 0 aliphatic heterocycles. The van der Waals surface area contributed by atoms with Gasteiger partial charge in [0.25, 0.3) is 0 Å². The summed E-state index contributed by atoms with van der Waals surface area (Å²) in [7, 11) is 3.15. The summed E-state index contributed by atoms with van der Waals surface area (Å²) in [5.74, 6) is 1.65. The van der Waals surface area contributed by atoms with E-state index in [0.29, 0.717) is 22.8 Å². The van der Waals surface area contributed by atoms with Crippen LogP contribution in [0.15, 0.2) is 41.3 Å². The molecule has 0 aliphatic carbocycles. The maximum Gasteiger partial charge on any atom is 0.176 e. The van der Waals surface area contributed by atoms with Crippen LogP contribution in [0.2, 0.25) is 0 Å². The second-order valence-electron chi connectivity index (χ2n) is 5.05. The molecular formula is C18H20O3S. The third-order valence-electron chi connectivity index (χ3n) is 3.41. The number of thioether (sulfide) groups is 1. The Labute approximate surface area is 135 Å². The lowest BCUT2D eigenvalue weighted by Gasteiger charge is -2.10. The largest absolute Gasteiger partial charge is 0.497 e. The molecule has 0 spiro atoms. The lowest BCUT2D eigenvalue weighted by molar-refractivity contribution is 0.101. The first kappa shape index (κ1) is 16.4. The van der Waals surface area contributed by atoms with E-state index in [4.69, 9.17) is 9.47 Å². The van der Waals surface area contributed by atoms with Crippen LogP contribution in [0.1, 0.15) is 21.5 Å². The Morgan fingerprint density at radius 1 is 1.05 bits per heavy atom. The van der Waals surface area contributed by atoms with Crippen molar-refractivity contribution in [2.24, 2.45) is 0 Å². The fraction of sp³-hybridized carbons (Fsp3) is 0.278. The zero-order valence-electron chi connectivity index (χ0n) is 13.3. The van der Waals surface area contributed by atoms with E-state index in [2.05, 4.69) is 32.0 Å². The molecule has 4 heteroatoms. The van der Waals surface area contributed by atoms with Crippen molar-refractivity contribution in [1.82, 2.24) is 0 Å². The summed E-state index contributed by atoms with van der Waals surface area (Å²) in [5, 5.41) is 0. The molecule has 0 atom stereocenters. The third kappa shape index (κ3) is 3.83. The predicted molar refractivity (Wildman–Crippen MR) is 90.5 cm³/mol. The minimum atomic E-state index is 0.0467. The maximum atomic E-state index is 12.5. The van der Waals surface area contributed by atoms with Gasteiger partial charge in [0.1, 0.15) is 11.5 Å². The lowest BCUT2D eigenvalue weighted by atomic mass is 10.1. The molecule has 0 N–H and O–H groups in total. The molecule has 0 bridgehead atoms. The first-order valence-electron chi connectivity index (χ1n) is 7.00. The van der Waals surface area contributed by atoms with E-state index < -0.39 is 0 Å². The summed E-state index contributed by atoms with van der Waals surface area (Å²) in [6, 6.07) is 11.5. The van der Waals surface area contributed by atoms with E-state index in [1.54, 1.807) is 44.2 Å². The first-order chi connectivity index (χ1) is 10.5. The summed E-state index contributed by atoms with van der Waals surface area (Å²) in [6.45, 7) is 4.11. The van der Waals surface area contributed by atoms with Crippen LogP contribution in [0.3, 0.4) is 0 Å². The number of hydrogen-bond donors (Lipinski definition) is 0. The molecular weight excluding hydrogens is 296 g/mol. The second kappa shape index (κ2) is 7.36. The zero-order chi connectivity index (χ0) is 16.1. The smallest absolute Gasteiger partial charge is 0.176 e. The number of hydrogen-bond acceptors (Lipinski definition) is 4. The van der Waals surface area contributed by atoms with Crippen LogP contribution in [0, 0.1) is 13.8 Å². The molecule has 0 radical (unpaired) electrons. The molecule has 3 nitrogen and oxygen atoms in total. The minimum Gasteiger partial charge on any atom is -0.497 e. The van der Waals surface area contributed by atoms with Gasteiger partial charge in [-0.15, -0.1) is 11.8 Å². The van der Waals surface area contributed by atoms with E-state index in [-0.39, 0.29) is 5.78 Å². The highest BCUT2D eigenvalue weighted by Gasteiger charge is 2.14. The van der Waals surface area contributed by atoms with E-state index in [9.17, 15) is 4.79 Å². The Kier molecular flexibility index (Phi) is 5.50. The van der Waals surface area contributed by atoms with E-state index >= 15 is 0 Å². The fourth-order valence-corrected chi connectivity index (χ4v) is 3.12. The Bertz CT molecular complexity index is 680. The normalized spacial score (nSPS) is 10.4. The summed E-state index contributed by atoms with van der Waals surface area (Å²) in [5.41, 5.74) is 2.97. The third-order valence-corrected chi connectivity index (χ3v) is 4.57. The summed E-state index contributed by atoms with van der Waals surface area (Å²) < 4.78 is 10.4. The lowest BCUT2D eigenvalue weighted by Crippen LogP contribution is -2.05. The topological polar surface area (TPSA) is 35.5 Å².